The van der Waals surface area contributed by atoms with E-state index in [4.69, 9.17) is 0 Å². The molecule has 112 valence electrons. The fourth-order valence-corrected chi connectivity index (χ4v) is 3.48. The molecule has 1 saturated heterocycles. The van der Waals surface area contributed by atoms with Crippen LogP contribution in [0.4, 0.5) is 0 Å². The molecule has 1 heterocycles. The first-order valence-corrected chi connectivity index (χ1v) is 7.76. The molecule has 1 aromatic carbocycles. The summed E-state index contributed by atoms with van der Waals surface area (Å²) >= 11 is 0. The molecule has 0 unspecified atom stereocenters. The summed E-state index contributed by atoms with van der Waals surface area (Å²) in [5.74, 6) is 0.117. The molecule has 0 aromatic heterocycles. The van der Waals surface area contributed by atoms with Gasteiger partial charge < -0.3 is 10.2 Å². The highest BCUT2D eigenvalue weighted by Crippen LogP contribution is 2.33. The first-order chi connectivity index (χ1) is 10.1. The van der Waals surface area contributed by atoms with Crippen LogP contribution in [0.1, 0.15) is 43.2 Å². The van der Waals surface area contributed by atoms with Crippen molar-refractivity contribution < 1.29 is 9.59 Å². The lowest BCUT2D eigenvalue weighted by atomic mass is 9.95. The Morgan fingerprint density at radius 2 is 1.90 bits per heavy atom. The molecule has 1 saturated carbocycles. The lowest BCUT2D eigenvalue weighted by Gasteiger charge is -2.32. The van der Waals surface area contributed by atoms with E-state index in [2.05, 4.69) is 24.4 Å². The van der Waals surface area contributed by atoms with Crippen LogP contribution in [0.2, 0.25) is 0 Å². The maximum absolute atomic E-state index is 12.9. The summed E-state index contributed by atoms with van der Waals surface area (Å²) < 4.78 is 0. The molecule has 3 rings (SSSR count). The second-order valence-electron chi connectivity index (χ2n) is 6.24. The SMILES string of the molecule is Cc1ccccc1CN1CCC(=O)NC2(CCCC2)C1=O. The minimum Gasteiger partial charge on any atom is -0.342 e. The van der Waals surface area contributed by atoms with E-state index in [1.54, 1.807) is 0 Å². The van der Waals surface area contributed by atoms with Crippen LogP contribution in [-0.2, 0) is 16.1 Å². The number of benzene rings is 1. The van der Waals surface area contributed by atoms with Crippen molar-refractivity contribution in [3.63, 3.8) is 0 Å². The summed E-state index contributed by atoms with van der Waals surface area (Å²) in [6.45, 7) is 3.18. The van der Waals surface area contributed by atoms with Gasteiger partial charge in [0.05, 0.1) is 0 Å². The molecule has 1 N–H and O–H groups in total. The molecule has 1 aliphatic heterocycles. The molecular weight excluding hydrogens is 264 g/mol. The predicted octanol–water partition coefficient (Wildman–Crippen LogP) is 2.16. The summed E-state index contributed by atoms with van der Waals surface area (Å²) in [7, 11) is 0. The Balaban J connectivity index is 1.85. The average Bonchev–Trinajstić information content (AvgIpc) is 2.90. The van der Waals surface area contributed by atoms with Gasteiger partial charge in [-0.2, -0.15) is 0 Å². The molecule has 0 atom stereocenters. The Bertz CT molecular complexity index is 562. The number of nitrogens with zero attached hydrogens (tertiary/aromatic N) is 1. The van der Waals surface area contributed by atoms with Crippen LogP contribution in [0.3, 0.4) is 0 Å². The van der Waals surface area contributed by atoms with E-state index in [0.29, 0.717) is 19.5 Å². The van der Waals surface area contributed by atoms with Crippen LogP contribution in [0.15, 0.2) is 24.3 Å². The number of rotatable bonds is 2. The van der Waals surface area contributed by atoms with Gasteiger partial charge in [0.25, 0.3) is 0 Å². The quantitative estimate of drug-likeness (QED) is 0.905. The minimum absolute atomic E-state index is 0.0116. The smallest absolute Gasteiger partial charge is 0.248 e. The predicted molar refractivity (Wildman–Crippen MR) is 80.6 cm³/mol. The molecule has 2 fully saturated rings. The molecule has 0 bridgehead atoms. The first kappa shape index (κ1) is 14.1. The molecule has 4 heteroatoms. The second-order valence-corrected chi connectivity index (χ2v) is 6.24. The molecule has 1 aliphatic carbocycles. The number of nitrogens with one attached hydrogen (secondary N) is 1. The van der Waals surface area contributed by atoms with E-state index in [-0.39, 0.29) is 11.8 Å². The zero-order valence-corrected chi connectivity index (χ0v) is 12.5. The largest absolute Gasteiger partial charge is 0.342 e. The van der Waals surface area contributed by atoms with Gasteiger partial charge in [0.2, 0.25) is 11.8 Å². The van der Waals surface area contributed by atoms with Gasteiger partial charge in [0.1, 0.15) is 5.54 Å². The minimum atomic E-state index is -0.629. The molecule has 0 radical (unpaired) electrons. The summed E-state index contributed by atoms with van der Waals surface area (Å²) in [6.07, 6.45) is 4.00. The topological polar surface area (TPSA) is 49.4 Å². The first-order valence-electron chi connectivity index (χ1n) is 7.76. The van der Waals surface area contributed by atoms with Crippen LogP contribution in [0.5, 0.6) is 0 Å². The Labute approximate surface area is 125 Å². The number of hydrogen-bond donors (Lipinski definition) is 1. The van der Waals surface area contributed by atoms with Crippen molar-refractivity contribution in [3.05, 3.63) is 35.4 Å². The van der Waals surface area contributed by atoms with Gasteiger partial charge in [-0.05, 0) is 30.9 Å². The van der Waals surface area contributed by atoms with Crippen molar-refractivity contribution in [2.75, 3.05) is 6.54 Å². The molecule has 1 spiro atoms. The van der Waals surface area contributed by atoms with Crippen LogP contribution < -0.4 is 5.32 Å². The molecule has 4 nitrogen and oxygen atoms in total. The lowest BCUT2D eigenvalue weighted by Crippen LogP contribution is -2.55. The maximum atomic E-state index is 12.9. The van der Waals surface area contributed by atoms with Gasteiger partial charge in [-0.25, -0.2) is 0 Å². The monoisotopic (exact) mass is 286 g/mol. The number of hydrogen-bond acceptors (Lipinski definition) is 2. The zero-order valence-electron chi connectivity index (χ0n) is 12.5. The average molecular weight is 286 g/mol. The third kappa shape index (κ3) is 2.67. The van der Waals surface area contributed by atoms with Crippen molar-refractivity contribution >= 4 is 11.8 Å². The van der Waals surface area contributed by atoms with Crippen LogP contribution >= 0.6 is 0 Å². The molecule has 1 aromatic rings. The van der Waals surface area contributed by atoms with Crippen molar-refractivity contribution in [3.8, 4) is 0 Å². The fraction of sp³-hybridized carbons (Fsp3) is 0.529. The standard InChI is InChI=1S/C17H22N2O2/c1-13-6-2-3-7-14(13)12-19-11-8-15(20)18-17(16(19)21)9-4-5-10-17/h2-3,6-7H,4-5,8-12H2,1H3,(H,18,20). The van der Waals surface area contributed by atoms with Crippen LogP contribution in [-0.4, -0.2) is 28.8 Å². The van der Waals surface area contributed by atoms with Gasteiger partial charge in [0, 0.05) is 19.5 Å². The molecular formula is C17H22N2O2. The highest BCUT2D eigenvalue weighted by atomic mass is 16.2. The number of amides is 2. The fourth-order valence-electron chi connectivity index (χ4n) is 3.48. The van der Waals surface area contributed by atoms with Gasteiger partial charge >= 0.3 is 0 Å². The van der Waals surface area contributed by atoms with E-state index in [9.17, 15) is 9.59 Å². The van der Waals surface area contributed by atoms with E-state index < -0.39 is 5.54 Å². The Morgan fingerprint density at radius 1 is 1.19 bits per heavy atom. The van der Waals surface area contributed by atoms with Crippen LogP contribution in [0.25, 0.3) is 0 Å². The van der Waals surface area contributed by atoms with Gasteiger partial charge in [-0.15, -0.1) is 0 Å². The highest BCUT2D eigenvalue weighted by Gasteiger charge is 2.46. The van der Waals surface area contributed by atoms with Gasteiger partial charge in [0.15, 0.2) is 0 Å². The summed E-state index contributed by atoms with van der Waals surface area (Å²) in [5.41, 5.74) is 1.72. The van der Waals surface area contributed by atoms with E-state index in [1.807, 2.05) is 17.0 Å². The van der Waals surface area contributed by atoms with E-state index in [0.717, 1.165) is 31.2 Å². The summed E-state index contributed by atoms with van der Waals surface area (Å²) in [6, 6.07) is 8.13. The summed E-state index contributed by atoms with van der Waals surface area (Å²) in [5, 5.41) is 3.00. The normalized spacial score (nSPS) is 21.5. The van der Waals surface area contributed by atoms with Gasteiger partial charge in [-0.3, -0.25) is 9.59 Å². The molecule has 2 aliphatic rings. The summed E-state index contributed by atoms with van der Waals surface area (Å²) in [4.78, 5) is 26.8. The zero-order chi connectivity index (χ0) is 14.9. The number of aryl methyl sites for hydroxylation is 1. The Hall–Kier alpha value is -1.84. The lowest BCUT2D eigenvalue weighted by molar-refractivity contribution is -0.139. The molecule has 2 amide bonds. The van der Waals surface area contributed by atoms with Crippen molar-refractivity contribution in [1.29, 1.82) is 0 Å². The number of carbonyl (C=O) groups excluding carboxylic acids is 2. The Morgan fingerprint density at radius 3 is 2.62 bits per heavy atom. The third-order valence-corrected chi connectivity index (χ3v) is 4.76. The number of carbonyl (C=O) groups is 2. The van der Waals surface area contributed by atoms with Crippen molar-refractivity contribution in [2.45, 2.75) is 51.1 Å². The van der Waals surface area contributed by atoms with E-state index >= 15 is 0 Å². The van der Waals surface area contributed by atoms with Crippen molar-refractivity contribution in [2.24, 2.45) is 0 Å². The van der Waals surface area contributed by atoms with Crippen molar-refractivity contribution in [1.82, 2.24) is 10.2 Å². The van der Waals surface area contributed by atoms with Gasteiger partial charge in [-0.1, -0.05) is 37.1 Å². The van der Waals surface area contributed by atoms with Crippen LogP contribution in [0, 0.1) is 6.92 Å². The third-order valence-electron chi connectivity index (χ3n) is 4.76. The molecule has 21 heavy (non-hydrogen) atoms. The second kappa shape index (κ2) is 5.51. The Kier molecular flexibility index (Phi) is 3.70. The highest BCUT2D eigenvalue weighted by molar-refractivity contribution is 5.93. The maximum Gasteiger partial charge on any atom is 0.248 e. The van der Waals surface area contributed by atoms with E-state index in [1.165, 1.54) is 5.56 Å².